The van der Waals surface area contributed by atoms with Crippen LogP contribution in [0.2, 0.25) is 0 Å². The summed E-state index contributed by atoms with van der Waals surface area (Å²) in [6.45, 7) is 0. The van der Waals surface area contributed by atoms with E-state index >= 15 is 0 Å². The van der Waals surface area contributed by atoms with E-state index in [1.54, 1.807) is 0 Å². The van der Waals surface area contributed by atoms with E-state index in [1.807, 2.05) is 72.8 Å². The molecule has 266 valence electrons. The van der Waals surface area contributed by atoms with Crippen LogP contribution in [-0.4, -0.2) is 19.5 Å². The summed E-state index contributed by atoms with van der Waals surface area (Å²) < 4.78 is 15.7. The molecule has 0 amide bonds. The Morgan fingerprint density at radius 3 is 1.56 bits per heavy atom. The third-order valence-corrected chi connectivity index (χ3v) is 11.1. The van der Waals surface area contributed by atoms with Crippen molar-refractivity contribution in [2.45, 2.75) is 0 Å². The van der Waals surface area contributed by atoms with E-state index < -0.39 is 0 Å². The molecule has 57 heavy (non-hydrogen) atoms. The Hall–Kier alpha value is -7.83. The van der Waals surface area contributed by atoms with Crippen molar-refractivity contribution in [3.63, 3.8) is 0 Å². The standard InChI is InChI=1S/C51H30N4O2/c1-3-13-31(14-4-1)49-52-50(32-15-5-2-6-16-32)54-51(53-49)40-20-11-19-38-37-27-25-33(29-45(37)57-48(38)40)34-26-28-39-46(30-34)56-44-24-12-23-43(47(39)44)55-41-21-9-7-17-35(41)36-18-8-10-22-42(36)55/h1-30H. The fraction of sp³-hybridized carbons (Fsp3) is 0. The van der Waals surface area contributed by atoms with Gasteiger partial charge in [-0.3, -0.25) is 0 Å². The van der Waals surface area contributed by atoms with Crippen molar-refractivity contribution in [3.8, 4) is 51.0 Å². The van der Waals surface area contributed by atoms with Crippen molar-refractivity contribution in [2.75, 3.05) is 0 Å². The lowest BCUT2D eigenvalue weighted by molar-refractivity contribution is 0.668. The number of benzene rings is 8. The summed E-state index contributed by atoms with van der Waals surface area (Å²) in [7, 11) is 0. The van der Waals surface area contributed by atoms with Crippen molar-refractivity contribution in [3.05, 3.63) is 182 Å². The normalized spacial score (nSPS) is 11.9. The summed E-state index contributed by atoms with van der Waals surface area (Å²) in [5, 5.41) is 6.66. The Labute approximate surface area is 325 Å². The van der Waals surface area contributed by atoms with Gasteiger partial charge in [0.1, 0.15) is 22.3 Å². The molecule has 6 nitrogen and oxygen atoms in total. The second-order valence-corrected chi connectivity index (χ2v) is 14.4. The number of fused-ring (bicyclic) bond motifs is 9. The highest BCUT2D eigenvalue weighted by atomic mass is 16.3. The van der Waals surface area contributed by atoms with Gasteiger partial charge in [0.15, 0.2) is 17.5 Å². The van der Waals surface area contributed by atoms with Crippen LogP contribution in [0.5, 0.6) is 0 Å². The van der Waals surface area contributed by atoms with Gasteiger partial charge in [-0.15, -0.1) is 0 Å². The van der Waals surface area contributed by atoms with Crippen LogP contribution in [-0.2, 0) is 0 Å². The van der Waals surface area contributed by atoms with Gasteiger partial charge in [-0.25, -0.2) is 15.0 Å². The Kier molecular flexibility index (Phi) is 6.83. The van der Waals surface area contributed by atoms with Crippen LogP contribution >= 0.6 is 0 Å². The van der Waals surface area contributed by atoms with Crippen molar-refractivity contribution in [1.82, 2.24) is 19.5 Å². The first-order valence-corrected chi connectivity index (χ1v) is 19.0. The van der Waals surface area contributed by atoms with E-state index in [2.05, 4.69) is 114 Å². The zero-order chi connectivity index (χ0) is 37.5. The van der Waals surface area contributed by atoms with E-state index in [4.69, 9.17) is 23.8 Å². The van der Waals surface area contributed by atoms with E-state index in [9.17, 15) is 0 Å². The van der Waals surface area contributed by atoms with Gasteiger partial charge in [0.25, 0.3) is 0 Å². The first kappa shape index (κ1) is 31.5. The van der Waals surface area contributed by atoms with E-state index in [1.165, 1.54) is 21.8 Å². The molecule has 0 N–H and O–H groups in total. The first-order valence-electron chi connectivity index (χ1n) is 19.0. The van der Waals surface area contributed by atoms with Gasteiger partial charge in [0.2, 0.25) is 0 Å². The molecule has 0 spiro atoms. The van der Waals surface area contributed by atoms with Gasteiger partial charge in [0.05, 0.1) is 27.7 Å². The largest absolute Gasteiger partial charge is 0.456 e. The lowest BCUT2D eigenvalue weighted by Gasteiger charge is -2.09. The van der Waals surface area contributed by atoms with Crippen LogP contribution in [0.4, 0.5) is 0 Å². The van der Waals surface area contributed by atoms with Gasteiger partial charge in [-0.2, -0.15) is 0 Å². The second kappa shape index (κ2) is 12.3. The van der Waals surface area contributed by atoms with Crippen molar-refractivity contribution in [2.24, 2.45) is 0 Å². The molecule has 8 aromatic carbocycles. The molecule has 0 fully saturated rings. The minimum Gasteiger partial charge on any atom is -0.456 e. The molecule has 0 saturated heterocycles. The maximum Gasteiger partial charge on any atom is 0.167 e. The topological polar surface area (TPSA) is 69.9 Å². The minimum absolute atomic E-state index is 0.559. The number of hydrogen-bond acceptors (Lipinski definition) is 5. The molecule has 4 aromatic heterocycles. The van der Waals surface area contributed by atoms with Crippen LogP contribution in [0.25, 0.3) is 117 Å². The average Bonchev–Trinajstić information content (AvgIpc) is 3.96. The third kappa shape index (κ3) is 4.94. The Bertz CT molecular complexity index is 3410. The van der Waals surface area contributed by atoms with Crippen molar-refractivity contribution in [1.29, 1.82) is 0 Å². The smallest absolute Gasteiger partial charge is 0.167 e. The number of nitrogens with zero attached hydrogens (tertiary/aromatic N) is 4. The summed E-state index contributed by atoms with van der Waals surface area (Å²) in [5.74, 6) is 1.78. The fourth-order valence-electron chi connectivity index (χ4n) is 8.44. The summed E-state index contributed by atoms with van der Waals surface area (Å²) in [4.78, 5) is 14.9. The predicted molar refractivity (Wildman–Crippen MR) is 230 cm³/mol. The minimum atomic E-state index is 0.559. The predicted octanol–water partition coefficient (Wildman–Crippen LogP) is 13.4. The highest BCUT2D eigenvalue weighted by Gasteiger charge is 2.20. The lowest BCUT2D eigenvalue weighted by Crippen LogP contribution is -2.00. The number of aromatic nitrogens is 4. The maximum absolute atomic E-state index is 6.73. The zero-order valence-corrected chi connectivity index (χ0v) is 30.4. The molecular weight excluding hydrogens is 701 g/mol. The third-order valence-electron chi connectivity index (χ3n) is 11.1. The van der Waals surface area contributed by atoms with Crippen molar-refractivity contribution < 1.29 is 8.83 Å². The van der Waals surface area contributed by atoms with Gasteiger partial charge >= 0.3 is 0 Å². The van der Waals surface area contributed by atoms with Crippen molar-refractivity contribution >= 4 is 65.7 Å². The Morgan fingerprint density at radius 2 is 0.895 bits per heavy atom. The molecule has 0 radical (unpaired) electrons. The van der Waals surface area contributed by atoms with Gasteiger partial charge in [-0.1, -0.05) is 127 Å². The van der Waals surface area contributed by atoms with Gasteiger partial charge < -0.3 is 13.4 Å². The molecule has 0 unspecified atom stereocenters. The number of para-hydroxylation sites is 3. The van der Waals surface area contributed by atoms with Crippen LogP contribution in [0.15, 0.2) is 191 Å². The zero-order valence-electron chi connectivity index (χ0n) is 30.4. The quantitative estimate of drug-likeness (QED) is 0.176. The average molecular weight is 731 g/mol. The molecule has 6 heteroatoms. The lowest BCUT2D eigenvalue weighted by atomic mass is 10.0. The maximum atomic E-state index is 6.73. The summed E-state index contributed by atoms with van der Waals surface area (Å²) in [6.07, 6.45) is 0. The first-order chi connectivity index (χ1) is 28.2. The molecule has 0 atom stereocenters. The Morgan fingerprint density at radius 1 is 0.351 bits per heavy atom. The summed E-state index contributed by atoms with van der Waals surface area (Å²) in [6, 6.07) is 62.6. The summed E-state index contributed by atoms with van der Waals surface area (Å²) in [5.41, 5.74) is 11.4. The van der Waals surface area contributed by atoms with Crippen LogP contribution in [0.3, 0.4) is 0 Å². The molecule has 0 aliphatic carbocycles. The number of rotatable bonds is 5. The fourth-order valence-corrected chi connectivity index (χ4v) is 8.44. The summed E-state index contributed by atoms with van der Waals surface area (Å²) >= 11 is 0. The van der Waals surface area contributed by atoms with E-state index in [0.29, 0.717) is 17.5 Å². The number of furan rings is 2. The highest BCUT2D eigenvalue weighted by molar-refractivity contribution is 6.15. The van der Waals surface area contributed by atoms with Crippen LogP contribution in [0, 0.1) is 0 Å². The molecule has 0 saturated carbocycles. The molecule has 12 aromatic rings. The van der Waals surface area contributed by atoms with Crippen LogP contribution < -0.4 is 0 Å². The molecule has 0 aliphatic rings. The highest BCUT2D eigenvalue weighted by Crippen LogP contribution is 2.41. The molecule has 12 rings (SSSR count). The molecule has 4 heterocycles. The SMILES string of the molecule is c1ccc(-c2nc(-c3ccccc3)nc(-c3cccc4c3oc3cc(-c5ccc6c(c5)oc5cccc(-n7c8ccccc8c8ccccc87)c56)ccc34)n2)cc1. The Balaban J connectivity index is 0.981. The molecule has 0 bridgehead atoms. The van der Waals surface area contributed by atoms with Gasteiger partial charge in [-0.05, 0) is 65.7 Å². The van der Waals surface area contributed by atoms with E-state index in [0.717, 1.165) is 77.4 Å². The van der Waals surface area contributed by atoms with E-state index in [-0.39, 0.29) is 0 Å². The monoisotopic (exact) mass is 730 g/mol. The van der Waals surface area contributed by atoms with Gasteiger partial charge in [0, 0.05) is 38.1 Å². The molecule has 0 aliphatic heterocycles. The number of hydrogen-bond donors (Lipinski definition) is 0. The van der Waals surface area contributed by atoms with Crippen LogP contribution in [0.1, 0.15) is 0 Å². The second-order valence-electron chi connectivity index (χ2n) is 14.4. The molecular formula is C51H30N4O2.